The summed E-state index contributed by atoms with van der Waals surface area (Å²) in [6.07, 6.45) is 4.77. The van der Waals surface area contributed by atoms with E-state index in [9.17, 15) is 9.46 Å². The average molecular weight is 521 g/mol. The van der Waals surface area contributed by atoms with Crippen LogP contribution in [0.2, 0.25) is 0 Å². The summed E-state index contributed by atoms with van der Waals surface area (Å²) in [6, 6.07) is 16.6. The molecular weight excluding hydrogens is 493 g/mol. The Labute approximate surface area is 207 Å². The minimum absolute atomic E-state index is 0.0505. The second-order valence-corrected chi connectivity index (χ2v) is 11.6. The standard InChI is InChI=1S/C23H26N3O5PS2/c1-25-13-11-17(19-7-4-5-8-20(19)25)15-23-26(2)21-16-18(9-10-22(21)33-23)34-31-30-24-12-6-14-32(27,28)29-3/h4-5,7-11,13,15-16,24H,6,12,14H2,1-3H3/p+1. The van der Waals surface area contributed by atoms with Gasteiger partial charge in [-0.3, -0.25) is 4.57 Å². The van der Waals surface area contributed by atoms with Gasteiger partial charge in [0.2, 0.25) is 5.52 Å². The minimum atomic E-state index is -3.49. The molecule has 0 saturated carbocycles. The molecule has 1 unspecified atom stereocenters. The zero-order valence-corrected chi connectivity index (χ0v) is 21.7. The van der Waals surface area contributed by atoms with Gasteiger partial charge in [-0.15, -0.1) is 9.32 Å². The highest BCUT2D eigenvalue weighted by Crippen LogP contribution is 2.47. The van der Waals surface area contributed by atoms with Crippen LogP contribution in [-0.2, 0) is 25.5 Å². The van der Waals surface area contributed by atoms with E-state index in [0.717, 1.165) is 27.7 Å². The zero-order chi connectivity index (χ0) is 24.1. The summed E-state index contributed by atoms with van der Waals surface area (Å²) in [6.45, 7) is 0.360. The van der Waals surface area contributed by atoms with Gasteiger partial charge in [0.25, 0.3) is 0 Å². The second-order valence-electron chi connectivity index (χ2n) is 7.70. The van der Waals surface area contributed by atoms with Crippen LogP contribution in [0.5, 0.6) is 0 Å². The van der Waals surface area contributed by atoms with Crippen LogP contribution in [0, 0.1) is 0 Å². The summed E-state index contributed by atoms with van der Waals surface area (Å²) < 4.78 is 23.2. The monoisotopic (exact) mass is 520 g/mol. The summed E-state index contributed by atoms with van der Waals surface area (Å²) in [5, 5.41) is 2.36. The Balaban J connectivity index is 1.35. The quantitative estimate of drug-likeness (QED) is 0.0970. The lowest BCUT2D eigenvalue weighted by Crippen LogP contribution is -2.28. The van der Waals surface area contributed by atoms with Gasteiger partial charge in [-0.2, -0.15) is 5.48 Å². The van der Waals surface area contributed by atoms with E-state index in [1.807, 2.05) is 6.07 Å². The Morgan fingerprint density at radius 2 is 2.09 bits per heavy atom. The van der Waals surface area contributed by atoms with Gasteiger partial charge in [-0.1, -0.05) is 23.9 Å². The Bertz CT molecular complexity index is 1260. The van der Waals surface area contributed by atoms with Crippen molar-refractivity contribution in [3.8, 4) is 0 Å². The van der Waals surface area contributed by atoms with Crippen molar-refractivity contribution < 1.29 is 27.9 Å². The molecule has 11 heteroatoms. The fourth-order valence-corrected chi connectivity index (χ4v) is 5.80. The number of para-hydroxylation sites is 1. The smallest absolute Gasteiger partial charge is 0.327 e. The molecular formula is C23H27N3O5PS2+. The predicted octanol–water partition coefficient (Wildman–Crippen LogP) is 4.89. The van der Waals surface area contributed by atoms with Gasteiger partial charge in [0.05, 0.1) is 34.3 Å². The van der Waals surface area contributed by atoms with E-state index in [0.29, 0.717) is 13.0 Å². The van der Waals surface area contributed by atoms with E-state index in [-0.39, 0.29) is 6.16 Å². The molecule has 34 heavy (non-hydrogen) atoms. The fraction of sp³-hybridized carbons (Fsp3) is 0.261. The van der Waals surface area contributed by atoms with Gasteiger partial charge in [0.15, 0.2) is 6.20 Å². The van der Waals surface area contributed by atoms with Gasteiger partial charge < -0.3 is 14.3 Å². The van der Waals surface area contributed by atoms with Gasteiger partial charge in [-0.05, 0) is 42.3 Å². The highest BCUT2D eigenvalue weighted by molar-refractivity contribution is 8.04. The summed E-state index contributed by atoms with van der Waals surface area (Å²) >= 11 is 2.83. The largest absolute Gasteiger partial charge is 0.338 e. The Morgan fingerprint density at radius 1 is 1.26 bits per heavy atom. The SMILES string of the molecule is COP(=O)(O)CCCNOOSc1ccc2c(c1)N(C)C(=Cc1cc[n+](C)c3ccccc13)S2. The van der Waals surface area contributed by atoms with Crippen LogP contribution in [-0.4, -0.2) is 31.8 Å². The minimum Gasteiger partial charge on any atom is -0.338 e. The first kappa shape index (κ1) is 25.2. The number of anilines is 1. The molecule has 3 aromatic rings. The molecule has 180 valence electrons. The number of pyridine rings is 1. The summed E-state index contributed by atoms with van der Waals surface area (Å²) in [5.41, 5.74) is 6.07. The van der Waals surface area contributed by atoms with E-state index in [4.69, 9.17) is 9.32 Å². The fourth-order valence-electron chi connectivity index (χ4n) is 3.53. The molecule has 1 aliphatic rings. The third-order valence-corrected chi connectivity index (χ3v) is 8.62. The molecule has 0 spiro atoms. The maximum absolute atomic E-state index is 11.4. The van der Waals surface area contributed by atoms with Crippen LogP contribution in [0.4, 0.5) is 5.69 Å². The average Bonchev–Trinajstić information content (AvgIpc) is 3.15. The molecule has 0 radical (unpaired) electrons. The number of rotatable bonds is 10. The number of benzene rings is 2. The highest BCUT2D eigenvalue weighted by atomic mass is 32.2. The van der Waals surface area contributed by atoms with Crippen LogP contribution >= 0.6 is 31.4 Å². The third-order valence-electron chi connectivity index (χ3n) is 5.42. The number of hydrogen-bond acceptors (Lipinski definition) is 8. The number of hydrogen-bond donors (Lipinski definition) is 2. The zero-order valence-electron chi connectivity index (χ0n) is 19.1. The van der Waals surface area contributed by atoms with Gasteiger partial charge >= 0.3 is 7.60 Å². The normalized spacial score (nSPS) is 16.2. The summed E-state index contributed by atoms with van der Waals surface area (Å²) in [7, 11) is 1.85. The summed E-state index contributed by atoms with van der Waals surface area (Å²) in [4.78, 5) is 18.5. The van der Waals surface area contributed by atoms with Crippen molar-refractivity contribution in [1.82, 2.24) is 5.48 Å². The molecule has 0 amide bonds. The molecule has 1 atom stereocenters. The Kier molecular flexibility index (Phi) is 8.34. The van der Waals surface area contributed by atoms with Gasteiger partial charge in [-0.25, -0.2) is 4.57 Å². The first-order chi connectivity index (χ1) is 16.4. The number of thioether (sulfide) groups is 1. The van der Waals surface area contributed by atoms with Crippen molar-refractivity contribution in [3.05, 3.63) is 65.3 Å². The van der Waals surface area contributed by atoms with Gasteiger partial charge in [0.1, 0.15) is 7.05 Å². The van der Waals surface area contributed by atoms with Crippen LogP contribution in [0.1, 0.15) is 12.0 Å². The number of nitrogens with one attached hydrogen (secondary N) is 1. The van der Waals surface area contributed by atoms with E-state index in [2.05, 4.69) is 88.3 Å². The maximum Gasteiger partial charge on any atom is 0.327 e. The highest BCUT2D eigenvalue weighted by Gasteiger charge is 2.23. The first-order valence-corrected chi connectivity index (χ1v) is 14.0. The first-order valence-electron chi connectivity index (χ1n) is 10.6. The molecule has 1 aromatic heterocycles. The van der Waals surface area contributed by atoms with E-state index >= 15 is 0 Å². The second kappa shape index (κ2) is 11.2. The lowest BCUT2D eigenvalue weighted by atomic mass is 10.1. The number of nitrogens with zero attached hydrogens (tertiary/aromatic N) is 2. The molecule has 1 aliphatic heterocycles. The predicted molar refractivity (Wildman–Crippen MR) is 136 cm³/mol. The molecule has 4 rings (SSSR count). The van der Waals surface area contributed by atoms with Crippen molar-refractivity contribution in [2.75, 3.05) is 31.8 Å². The maximum atomic E-state index is 11.4. The molecule has 2 heterocycles. The van der Waals surface area contributed by atoms with Crippen molar-refractivity contribution in [2.24, 2.45) is 7.05 Å². The molecule has 0 saturated heterocycles. The van der Waals surface area contributed by atoms with Crippen LogP contribution < -0.4 is 14.9 Å². The molecule has 0 aliphatic carbocycles. The van der Waals surface area contributed by atoms with Crippen molar-refractivity contribution in [3.63, 3.8) is 0 Å². The van der Waals surface area contributed by atoms with E-state index in [1.165, 1.54) is 28.5 Å². The lowest BCUT2D eigenvalue weighted by molar-refractivity contribution is -0.644. The number of aryl methyl sites for hydroxylation is 1. The molecule has 0 bridgehead atoms. The molecule has 0 fully saturated rings. The Morgan fingerprint density at radius 3 is 2.91 bits per heavy atom. The molecule has 8 nitrogen and oxygen atoms in total. The molecule has 2 aromatic carbocycles. The van der Waals surface area contributed by atoms with Crippen LogP contribution in [0.3, 0.4) is 0 Å². The van der Waals surface area contributed by atoms with Crippen LogP contribution in [0.25, 0.3) is 17.0 Å². The van der Waals surface area contributed by atoms with Crippen molar-refractivity contribution >= 4 is 54.1 Å². The lowest BCUT2D eigenvalue weighted by Gasteiger charge is -2.14. The van der Waals surface area contributed by atoms with Crippen molar-refractivity contribution in [2.45, 2.75) is 16.2 Å². The molecule has 2 N–H and O–H groups in total. The van der Waals surface area contributed by atoms with Crippen LogP contribution in [0.15, 0.2) is 69.5 Å². The summed E-state index contributed by atoms with van der Waals surface area (Å²) in [5.74, 6) is 0. The topological polar surface area (TPSA) is 84.1 Å². The Hall–Kier alpha value is -1.88. The van der Waals surface area contributed by atoms with Gasteiger partial charge in [0, 0.05) is 42.6 Å². The number of hydroxylamine groups is 1. The van der Waals surface area contributed by atoms with Crippen molar-refractivity contribution in [1.29, 1.82) is 0 Å². The van der Waals surface area contributed by atoms with E-state index in [1.54, 1.807) is 11.8 Å². The van der Waals surface area contributed by atoms with E-state index < -0.39 is 7.60 Å². The number of aromatic nitrogens is 1. The third kappa shape index (κ3) is 6.02. The number of fused-ring (bicyclic) bond motifs is 2.